The van der Waals surface area contributed by atoms with E-state index in [0.29, 0.717) is 0 Å². The molecule has 114 valence electrons. The highest BCUT2D eigenvalue weighted by Gasteiger charge is 2.38. The van der Waals surface area contributed by atoms with E-state index in [-0.39, 0.29) is 11.4 Å². The van der Waals surface area contributed by atoms with Crippen molar-refractivity contribution in [2.75, 3.05) is 10.9 Å². The maximum absolute atomic E-state index is 12.2. The Morgan fingerprint density at radius 1 is 1.33 bits per heavy atom. The van der Waals surface area contributed by atoms with E-state index in [1.54, 1.807) is 0 Å². The predicted molar refractivity (Wildman–Crippen MR) is 79.6 cm³/mol. The molecule has 2 amide bonds. The van der Waals surface area contributed by atoms with Crippen LogP contribution >= 0.6 is 34.8 Å². The van der Waals surface area contributed by atoms with Crippen LogP contribution in [0.3, 0.4) is 0 Å². The van der Waals surface area contributed by atoms with Crippen molar-refractivity contribution < 1.29 is 14.5 Å². The molecule has 7 nitrogen and oxygen atoms in total. The van der Waals surface area contributed by atoms with Crippen LogP contribution in [-0.2, 0) is 9.59 Å². The standard InChI is InChI=1S/C11H10Cl3N3O4/c1-7(18)15-16(10(19)11(13,14)6-12)8-2-4-9(5-3-8)17(20)21/h2-5H,6H2,1H3,(H,15,18). The van der Waals surface area contributed by atoms with Crippen molar-refractivity contribution in [2.45, 2.75) is 11.3 Å². The minimum absolute atomic E-state index is 0.150. The Balaban J connectivity index is 3.16. The quantitative estimate of drug-likeness (QED) is 0.510. The zero-order chi connectivity index (χ0) is 16.2. The van der Waals surface area contributed by atoms with Gasteiger partial charge in [-0.25, -0.2) is 5.01 Å². The van der Waals surface area contributed by atoms with Crippen LogP contribution in [0.1, 0.15) is 6.92 Å². The van der Waals surface area contributed by atoms with E-state index >= 15 is 0 Å². The van der Waals surface area contributed by atoms with Gasteiger partial charge in [0.25, 0.3) is 11.6 Å². The van der Waals surface area contributed by atoms with Crippen LogP contribution in [0.4, 0.5) is 11.4 Å². The number of nitrogens with one attached hydrogen (secondary N) is 1. The summed E-state index contributed by atoms with van der Waals surface area (Å²) < 4.78 is -1.95. The fourth-order valence-corrected chi connectivity index (χ4v) is 1.62. The first-order chi connectivity index (χ1) is 9.69. The molecular formula is C11H10Cl3N3O4. The number of rotatable bonds is 4. The third-order valence-corrected chi connectivity index (χ3v) is 3.54. The van der Waals surface area contributed by atoms with Gasteiger partial charge in [-0.05, 0) is 12.1 Å². The minimum atomic E-state index is -1.95. The van der Waals surface area contributed by atoms with Gasteiger partial charge in [0.15, 0.2) is 0 Å². The van der Waals surface area contributed by atoms with Crippen molar-refractivity contribution in [3.05, 3.63) is 34.4 Å². The van der Waals surface area contributed by atoms with Gasteiger partial charge >= 0.3 is 0 Å². The van der Waals surface area contributed by atoms with E-state index in [9.17, 15) is 19.7 Å². The second-order valence-electron chi connectivity index (χ2n) is 3.92. The number of alkyl halides is 3. The number of nitrogens with zero attached hydrogens (tertiary/aromatic N) is 2. The van der Waals surface area contributed by atoms with Gasteiger partial charge in [0, 0.05) is 19.1 Å². The molecule has 10 heteroatoms. The van der Waals surface area contributed by atoms with E-state index in [1.165, 1.54) is 31.2 Å². The van der Waals surface area contributed by atoms with E-state index in [4.69, 9.17) is 34.8 Å². The third kappa shape index (κ3) is 4.45. The van der Waals surface area contributed by atoms with Crippen molar-refractivity contribution in [1.29, 1.82) is 0 Å². The molecule has 0 spiro atoms. The lowest BCUT2D eigenvalue weighted by atomic mass is 10.2. The number of carbonyl (C=O) groups excluding carboxylic acids is 2. The second-order valence-corrected chi connectivity index (χ2v) is 5.67. The maximum atomic E-state index is 12.2. The zero-order valence-electron chi connectivity index (χ0n) is 10.7. The smallest absolute Gasteiger partial charge is 0.274 e. The molecule has 0 bridgehead atoms. The summed E-state index contributed by atoms with van der Waals surface area (Å²) in [6.07, 6.45) is 0. The Hall–Kier alpha value is -1.57. The lowest BCUT2D eigenvalue weighted by molar-refractivity contribution is -0.384. The molecule has 0 radical (unpaired) electrons. The summed E-state index contributed by atoms with van der Waals surface area (Å²) in [4.78, 5) is 33.4. The van der Waals surface area contributed by atoms with Crippen molar-refractivity contribution in [3.63, 3.8) is 0 Å². The van der Waals surface area contributed by atoms with Crippen LogP contribution in [-0.4, -0.2) is 27.0 Å². The number of hydrogen-bond acceptors (Lipinski definition) is 4. The summed E-state index contributed by atoms with van der Waals surface area (Å²) >= 11 is 17.0. The summed E-state index contributed by atoms with van der Waals surface area (Å²) in [6.45, 7) is 1.18. The zero-order valence-corrected chi connectivity index (χ0v) is 12.9. The highest BCUT2D eigenvalue weighted by atomic mass is 35.5. The molecule has 1 N–H and O–H groups in total. The molecule has 0 aromatic heterocycles. The number of nitro groups is 1. The lowest BCUT2D eigenvalue weighted by Crippen LogP contribution is -2.52. The third-order valence-electron chi connectivity index (χ3n) is 2.27. The van der Waals surface area contributed by atoms with Gasteiger partial charge in [0.1, 0.15) is 0 Å². The molecule has 0 atom stereocenters. The van der Waals surface area contributed by atoms with Crippen LogP contribution in [0.25, 0.3) is 0 Å². The van der Waals surface area contributed by atoms with E-state index in [0.717, 1.165) is 5.01 Å². The molecule has 0 saturated carbocycles. The first-order valence-electron chi connectivity index (χ1n) is 5.49. The molecule has 0 aliphatic rings. The fraction of sp³-hybridized carbons (Fsp3) is 0.273. The van der Waals surface area contributed by atoms with Crippen LogP contribution in [0.5, 0.6) is 0 Å². The molecule has 1 aromatic rings. The van der Waals surface area contributed by atoms with Crippen molar-refractivity contribution in [2.24, 2.45) is 0 Å². The Kier molecular flexibility index (Phi) is 5.77. The van der Waals surface area contributed by atoms with E-state index < -0.39 is 27.0 Å². The monoisotopic (exact) mass is 353 g/mol. The molecule has 0 aliphatic heterocycles. The normalized spacial score (nSPS) is 10.9. The average molecular weight is 355 g/mol. The number of anilines is 1. The van der Waals surface area contributed by atoms with Crippen molar-refractivity contribution in [3.8, 4) is 0 Å². The minimum Gasteiger partial charge on any atom is -0.274 e. The van der Waals surface area contributed by atoms with E-state index in [1.807, 2.05) is 0 Å². The number of benzene rings is 1. The Morgan fingerprint density at radius 2 is 1.86 bits per heavy atom. The molecule has 1 aromatic carbocycles. The molecule has 21 heavy (non-hydrogen) atoms. The van der Waals surface area contributed by atoms with Crippen LogP contribution in [0.15, 0.2) is 24.3 Å². The van der Waals surface area contributed by atoms with Gasteiger partial charge in [-0.2, -0.15) is 0 Å². The number of nitro benzene ring substituents is 1. The van der Waals surface area contributed by atoms with Gasteiger partial charge in [-0.3, -0.25) is 25.1 Å². The van der Waals surface area contributed by atoms with Crippen LogP contribution in [0, 0.1) is 10.1 Å². The first-order valence-corrected chi connectivity index (χ1v) is 6.78. The molecule has 0 fully saturated rings. The van der Waals surface area contributed by atoms with Crippen LogP contribution < -0.4 is 10.4 Å². The van der Waals surface area contributed by atoms with Crippen LogP contribution in [0.2, 0.25) is 0 Å². The number of hydrazine groups is 1. The molecular weight excluding hydrogens is 344 g/mol. The fourth-order valence-electron chi connectivity index (χ4n) is 1.33. The number of non-ortho nitro benzene ring substituents is 1. The van der Waals surface area contributed by atoms with Gasteiger partial charge in [-0.1, -0.05) is 23.2 Å². The average Bonchev–Trinajstić information content (AvgIpc) is 2.44. The Labute approximate surface area is 134 Å². The Morgan fingerprint density at radius 3 is 2.24 bits per heavy atom. The lowest BCUT2D eigenvalue weighted by Gasteiger charge is -2.27. The number of hydrogen-bond donors (Lipinski definition) is 1. The van der Waals surface area contributed by atoms with Gasteiger partial charge in [0.05, 0.1) is 16.5 Å². The summed E-state index contributed by atoms with van der Waals surface area (Å²) in [5.74, 6) is -1.84. The van der Waals surface area contributed by atoms with Gasteiger partial charge < -0.3 is 0 Å². The van der Waals surface area contributed by atoms with Crippen molar-refractivity contribution >= 4 is 58.0 Å². The maximum Gasteiger partial charge on any atom is 0.283 e. The number of carbonyl (C=O) groups is 2. The van der Waals surface area contributed by atoms with Crippen molar-refractivity contribution in [1.82, 2.24) is 5.43 Å². The topological polar surface area (TPSA) is 92.6 Å². The molecule has 0 saturated heterocycles. The first kappa shape index (κ1) is 17.5. The highest BCUT2D eigenvalue weighted by molar-refractivity contribution is 6.61. The SMILES string of the molecule is CC(=O)NN(C(=O)C(Cl)(Cl)CCl)c1ccc([N+](=O)[O-])cc1. The molecule has 0 unspecified atom stereocenters. The summed E-state index contributed by atoms with van der Waals surface area (Å²) in [5.41, 5.74) is 2.21. The summed E-state index contributed by atoms with van der Waals surface area (Å²) in [7, 11) is 0. The predicted octanol–water partition coefficient (Wildman–Crippen LogP) is 2.39. The van der Waals surface area contributed by atoms with Gasteiger partial charge in [-0.15, -0.1) is 11.6 Å². The summed E-state index contributed by atoms with van der Waals surface area (Å²) in [6, 6.07) is 4.87. The highest BCUT2D eigenvalue weighted by Crippen LogP contribution is 2.28. The van der Waals surface area contributed by atoms with E-state index in [2.05, 4.69) is 5.43 Å². The van der Waals surface area contributed by atoms with Gasteiger partial charge in [0.2, 0.25) is 10.2 Å². The molecule has 0 heterocycles. The molecule has 1 rings (SSSR count). The number of halogens is 3. The molecule has 0 aliphatic carbocycles. The summed E-state index contributed by atoms with van der Waals surface area (Å²) in [5, 5.41) is 11.4. The number of amides is 2. The second kappa shape index (κ2) is 6.93. The Bertz CT molecular complexity index is 562. The largest absolute Gasteiger partial charge is 0.283 e.